The summed E-state index contributed by atoms with van der Waals surface area (Å²) in [5.41, 5.74) is 1.58. The zero-order chi connectivity index (χ0) is 18.4. The SMILES string of the molecule is CCNC(=NCC1(c2cccc(Br)c2)CC1)NC(C)COC1CCOC1.I. The molecule has 3 rings (SSSR count). The zero-order valence-corrected chi connectivity index (χ0v) is 20.1. The minimum absolute atomic E-state index is 0. The number of halogens is 2. The molecule has 5 nitrogen and oxygen atoms in total. The summed E-state index contributed by atoms with van der Waals surface area (Å²) in [6, 6.07) is 8.83. The first kappa shape index (κ1) is 22.9. The van der Waals surface area contributed by atoms with Crippen LogP contribution >= 0.6 is 39.9 Å². The lowest BCUT2D eigenvalue weighted by molar-refractivity contribution is 0.0347. The van der Waals surface area contributed by atoms with Crippen LogP contribution in [-0.4, -0.2) is 51.0 Å². The summed E-state index contributed by atoms with van der Waals surface area (Å²) >= 11 is 3.58. The Bertz CT molecular complexity index is 619. The van der Waals surface area contributed by atoms with E-state index < -0.39 is 0 Å². The molecular formula is C20H31BrIN3O2. The molecule has 1 aromatic rings. The first-order chi connectivity index (χ1) is 12.6. The van der Waals surface area contributed by atoms with E-state index >= 15 is 0 Å². The van der Waals surface area contributed by atoms with Gasteiger partial charge in [0.05, 0.1) is 25.9 Å². The van der Waals surface area contributed by atoms with E-state index in [1.165, 1.54) is 18.4 Å². The summed E-state index contributed by atoms with van der Waals surface area (Å²) < 4.78 is 12.4. The third-order valence-corrected chi connectivity index (χ3v) is 5.52. The Morgan fingerprint density at radius 3 is 2.89 bits per heavy atom. The highest BCUT2D eigenvalue weighted by Gasteiger charge is 2.44. The normalized spacial score (nSPS) is 22.0. The Morgan fingerprint density at radius 1 is 1.44 bits per heavy atom. The number of rotatable bonds is 8. The fourth-order valence-corrected chi connectivity index (χ4v) is 3.66. The third-order valence-electron chi connectivity index (χ3n) is 5.03. The highest BCUT2D eigenvalue weighted by Crippen LogP contribution is 2.48. The van der Waals surface area contributed by atoms with Crippen molar-refractivity contribution in [3.63, 3.8) is 0 Å². The van der Waals surface area contributed by atoms with Crippen molar-refractivity contribution >= 4 is 45.9 Å². The van der Waals surface area contributed by atoms with Crippen LogP contribution in [0.2, 0.25) is 0 Å². The van der Waals surface area contributed by atoms with E-state index in [0.717, 1.165) is 43.2 Å². The van der Waals surface area contributed by atoms with E-state index in [-0.39, 0.29) is 41.5 Å². The number of hydrogen-bond acceptors (Lipinski definition) is 3. The smallest absolute Gasteiger partial charge is 0.191 e. The van der Waals surface area contributed by atoms with Gasteiger partial charge >= 0.3 is 0 Å². The summed E-state index contributed by atoms with van der Waals surface area (Å²) in [7, 11) is 0. The first-order valence-electron chi connectivity index (χ1n) is 9.61. The van der Waals surface area contributed by atoms with Gasteiger partial charge in [-0.2, -0.15) is 0 Å². The highest BCUT2D eigenvalue weighted by molar-refractivity contribution is 14.0. The van der Waals surface area contributed by atoms with Crippen molar-refractivity contribution in [1.29, 1.82) is 0 Å². The van der Waals surface area contributed by atoms with Crippen molar-refractivity contribution in [1.82, 2.24) is 10.6 Å². The molecule has 2 N–H and O–H groups in total. The van der Waals surface area contributed by atoms with E-state index in [9.17, 15) is 0 Å². The van der Waals surface area contributed by atoms with Gasteiger partial charge in [0.25, 0.3) is 0 Å². The molecule has 2 fully saturated rings. The molecule has 0 spiro atoms. The van der Waals surface area contributed by atoms with E-state index in [4.69, 9.17) is 14.5 Å². The second kappa shape index (κ2) is 11.0. The molecule has 0 bridgehead atoms. The highest BCUT2D eigenvalue weighted by atomic mass is 127. The van der Waals surface area contributed by atoms with Crippen molar-refractivity contribution in [3.05, 3.63) is 34.3 Å². The predicted molar refractivity (Wildman–Crippen MR) is 124 cm³/mol. The first-order valence-corrected chi connectivity index (χ1v) is 10.4. The maximum atomic E-state index is 5.91. The van der Waals surface area contributed by atoms with Gasteiger partial charge in [-0.25, -0.2) is 0 Å². The third kappa shape index (κ3) is 6.87. The summed E-state index contributed by atoms with van der Waals surface area (Å²) in [5.74, 6) is 0.868. The topological polar surface area (TPSA) is 54.9 Å². The minimum atomic E-state index is 0. The Hall–Kier alpha value is -0.380. The quantitative estimate of drug-likeness (QED) is 0.293. The van der Waals surface area contributed by atoms with Crippen LogP contribution in [-0.2, 0) is 14.9 Å². The molecule has 1 saturated heterocycles. The van der Waals surface area contributed by atoms with Crippen LogP contribution < -0.4 is 10.6 Å². The number of aliphatic imine (C=N–C) groups is 1. The van der Waals surface area contributed by atoms with Gasteiger partial charge in [0.2, 0.25) is 0 Å². The van der Waals surface area contributed by atoms with Gasteiger partial charge in [0.1, 0.15) is 0 Å². The molecule has 2 aliphatic rings. The number of ether oxygens (including phenoxy) is 2. The van der Waals surface area contributed by atoms with Crippen LogP contribution in [0.25, 0.3) is 0 Å². The van der Waals surface area contributed by atoms with Gasteiger partial charge in [-0.05, 0) is 50.8 Å². The number of hydrogen-bond donors (Lipinski definition) is 2. The largest absolute Gasteiger partial charge is 0.379 e. The molecule has 0 aromatic heterocycles. The average Bonchev–Trinajstić information content (AvgIpc) is 3.24. The van der Waals surface area contributed by atoms with Crippen molar-refractivity contribution in [2.45, 2.75) is 50.7 Å². The molecule has 2 atom stereocenters. The summed E-state index contributed by atoms with van der Waals surface area (Å²) in [4.78, 5) is 4.87. The van der Waals surface area contributed by atoms with Gasteiger partial charge in [-0.15, -0.1) is 24.0 Å². The predicted octanol–water partition coefficient (Wildman–Crippen LogP) is 3.85. The van der Waals surface area contributed by atoms with Crippen LogP contribution in [0.15, 0.2) is 33.7 Å². The summed E-state index contributed by atoms with van der Waals surface area (Å²) in [5, 5.41) is 6.82. The van der Waals surface area contributed by atoms with Crippen LogP contribution in [0, 0.1) is 0 Å². The van der Waals surface area contributed by atoms with Gasteiger partial charge in [-0.3, -0.25) is 4.99 Å². The number of benzene rings is 1. The summed E-state index contributed by atoms with van der Waals surface area (Å²) in [6.07, 6.45) is 3.64. The molecule has 1 aliphatic heterocycles. The molecule has 0 amide bonds. The molecule has 0 radical (unpaired) electrons. The molecule has 152 valence electrons. The molecule has 1 saturated carbocycles. The fraction of sp³-hybridized carbons (Fsp3) is 0.650. The molecule has 2 unspecified atom stereocenters. The Morgan fingerprint density at radius 2 is 2.26 bits per heavy atom. The van der Waals surface area contributed by atoms with Crippen LogP contribution in [0.4, 0.5) is 0 Å². The van der Waals surface area contributed by atoms with Gasteiger partial charge in [0, 0.05) is 29.1 Å². The number of nitrogens with zero attached hydrogens (tertiary/aromatic N) is 1. The van der Waals surface area contributed by atoms with Gasteiger partial charge in [0.15, 0.2) is 5.96 Å². The Balaban J connectivity index is 0.00000261. The Kier molecular flexibility index (Phi) is 9.31. The Labute approximate surface area is 188 Å². The van der Waals surface area contributed by atoms with Crippen molar-refractivity contribution < 1.29 is 9.47 Å². The molecule has 1 aliphatic carbocycles. The molecule has 27 heavy (non-hydrogen) atoms. The van der Waals surface area contributed by atoms with E-state index in [0.29, 0.717) is 6.61 Å². The lowest BCUT2D eigenvalue weighted by atomic mass is 9.96. The van der Waals surface area contributed by atoms with E-state index in [1.54, 1.807) is 0 Å². The average molecular weight is 552 g/mol. The van der Waals surface area contributed by atoms with Crippen LogP contribution in [0.1, 0.15) is 38.7 Å². The second-order valence-corrected chi connectivity index (χ2v) is 8.27. The maximum absolute atomic E-state index is 5.91. The molecule has 1 aromatic carbocycles. The minimum Gasteiger partial charge on any atom is -0.379 e. The summed E-state index contributed by atoms with van der Waals surface area (Å²) in [6.45, 7) is 8.07. The van der Waals surface area contributed by atoms with E-state index in [1.807, 2.05) is 0 Å². The van der Waals surface area contributed by atoms with Crippen molar-refractivity contribution in [2.75, 3.05) is 32.9 Å². The molecule has 1 heterocycles. The number of guanidine groups is 1. The molecular weight excluding hydrogens is 521 g/mol. The van der Waals surface area contributed by atoms with Gasteiger partial charge in [-0.1, -0.05) is 28.1 Å². The monoisotopic (exact) mass is 551 g/mol. The number of nitrogens with one attached hydrogen (secondary N) is 2. The van der Waals surface area contributed by atoms with Crippen molar-refractivity contribution in [2.24, 2.45) is 4.99 Å². The maximum Gasteiger partial charge on any atom is 0.191 e. The molecule has 7 heteroatoms. The fourth-order valence-electron chi connectivity index (χ4n) is 3.26. The van der Waals surface area contributed by atoms with Crippen LogP contribution in [0.3, 0.4) is 0 Å². The van der Waals surface area contributed by atoms with E-state index in [2.05, 4.69) is 64.7 Å². The second-order valence-electron chi connectivity index (χ2n) is 7.35. The van der Waals surface area contributed by atoms with Gasteiger partial charge < -0.3 is 20.1 Å². The lowest BCUT2D eigenvalue weighted by Crippen LogP contribution is -2.45. The lowest BCUT2D eigenvalue weighted by Gasteiger charge is -2.21. The van der Waals surface area contributed by atoms with Crippen LogP contribution in [0.5, 0.6) is 0 Å². The van der Waals surface area contributed by atoms with Crippen molar-refractivity contribution in [3.8, 4) is 0 Å². The standard InChI is InChI=1S/C20H30BrN3O2.HI/c1-3-22-19(24-15(2)12-26-18-7-10-25-13-18)23-14-20(8-9-20)16-5-4-6-17(21)11-16;/h4-6,11,15,18H,3,7-10,12-14H2,1-2H3,(H2,22,23,24);1H. The zero-order valence-electron chi connectivity index (χ0n) is 16.2.